The predicted octanol–water partition coefficient (Wildman–Crippen LogP) is 2.07. The molecule has 1 saturated heterocycles. The Morgan fingerprint density at radius 3 is 2.46 bits per heavy atom. The van der Waals surface area contributed by atoms with E-state index in [1.165, 1.54) is 0 Å². The highest BCUT2D eigenvalue weighted by Crippen LogP contribution is 2.32. The molecule has 2 fully saturated rings. The Bertz CT molecular complexity index is 709. The summed E-state index contributed by atoms with van der Waals surface area (Å²) < 4.78 is 23.9. The van der Waals surface area contributed by atoms with E-state index in [1.807, 2.05) is 31.2 Å². The van der Waals surface area contributed by atoms with E-state index in [0.717, 1.165) is 37.7 Å². The van der Waals surface area contributed by atoms with Crippen molar-refractivity contribution in [2.24, 2.45) is 5.92 Å². The Balaban J connectivity index is 1.96. The molecule has 0 radical (unpaired) electrons. The molecule has 0 spiro atoms. The second kappa shape index (κ2) is 6.84. The molecule has 1 aromatic rings. The summed E-state index contributed by atoms with van der Waals surface area (Å²) in [6.07, 6.45) is 3.87. The van der Waals surface area contributed by atoms with Crippen LogP contribution in [0.4, 0.5) is 5.69 Å². The third-order valence-electron chi connectivity index (χ3n) is 5.10. The lowest BCUT2D eigenvalue weighted by molar-refractivity contribution is -0.124. The Kier molecular flexibility index (Phi) is 4.97. The number of amides is 1. The van der Waals surface area contributed by atoms with Gasteiger partial charge in [0, 0.05) is 11.6 Å². The monoisotopic (exact) mass is 351 g/mol. The molecule has 24 heavy (non-hydrogen) atoms. The summed E-state index contributed by atoms with van der Waals surface area (Å²) in [4.78, 5) is 14.7. The molecule has 132 valence electrons. The highest BCUT2D eigenvalue weighted by atomic mass is 32.2. The number of carbonyl (C=O) groups excluding carboxylic acids is 1. The molecule has 1 amide bonds. The van der Waals surface area contributed by atoms with Crippen molar-refractivity contribution < 1.29 is 18.3 Å². The zero-order chi connectivity index (χ0) is 17.3. The van der Waals surface area contributed by atoms with E-state index in [0.29, 0.717) is 5.69 Å². The van der Waals surface area contributed by atoms with Crippen LogP contribution in [-0.4, -0.2) is 43.1 Å². The summed E-state index contributed by atoms with van der Waals surface area (Å²) in [5, 5.41) is 10.3. The van der Waals surface area contributed by atoms with E-state index in [2.05, 4.69) is 0 Å². The summed E-state index contributed by atoms with van der Waals surface area (Å²) in [7, 11) is -3.32. The van der Waals surface area contributed by atoms with E-state index < -0.39 is 22.0 Å². The number of sulfone groups is 1. The van der Waals surface area contributed by atoms with Crippen LogP contribution in [0.5, 0.6) is 0 Å². The van der Waals surface area contributed by atoms with Crippen molar-refractivity contribution in [1.82, 2.24) is 0 Å². The minimum Gasteiger partial charge on any atom is -0.390 e. The number of aryl methyl sites for hydroxylation is 1. The molecule has 1 aromatic carbocycles. The lowest BCUT2D eigenvalue weighted by atomic mass is 9.87. The topological polar surface area (TPSA) is 74.7 Å². The van der Waals surface area contributed by atoms with Crippen molar-refractivity contribution in [1.29, 1.82) is 0 Å². The highest BCUT2D eigenvalue weighted by Gasteiger charge is 2.43. The maximum absolute atomic E-state index is 13.2. The van der Waals surface area contributed by atoms with Crippen molar-refractivity contribution in [3.8, 4) is 0 Å². The first-order valence-corrected chi connectivity index (χ1v) is 10.5. The maximum atomic E-state index is 13.2. The second-order valence-corrected chi connectivity index (χ2v) is 9.25. The number of hydrogen-bond acceptors (Lipinski definition) is 4. The molecule has 2 aliphatic rings. The molecule has 0 bridgehead atoms. The van der Waals surface area contributed by atoms with Crippen LogP contribution in [0.25, 0.3) is 0 Å². The van der Waals surface area contributed by atoms with Gasteiger partial charge >= 0.3 is 0 Å². The fourth-order valence-corrected chi connectivity index (χ4v) is 5.63. The standard InChI is InChI=1S/C18H25NO4S/c1-13-6-5-9-15(10-13)19(16-11-24(22,23)12-17(16)20)18(21)14-7-3-2-4-8-14/h5-6,9-10,14,16-17,20H,2-4,7-8,11-12H2,1H3. The number of anilines is 1. The van der Waals surface area contributed by atoms with Gasteiger partial charge in [0.05, 0.1) is 23.7 Å². The van der Waals surface area contributed by atoms with Gasteiger partial charge in [0.15, 0.2) is 9.84 Å². The minimum atomic E-state index is -3.32. The molecule has 5 nitrogen and oxygen atoms in total. The lowest BCUT2D eigenvalue weighted by Crippen LogP contribution is -2.49. The summed E-state index contributed by atoms with van der Waals surface area (Å²) in [6, 6.07) is 6.83. The van der Waals surface area contributed by atoms with Gasteiger partial charge in [0.25, 0.3) is 0 Å². The normalized spacial score (nSPS) is 27.1. The van der Waals surface area contributed by atoms with E-state index in [1.54, 1.807) is 4.90 Å². The fraction of sp³-hybridized carbons (Fsp3) is 0.611. The summed E-state index contributed by atoms with van der Waals surface area (Å²) >= 11 is 0. The van der Waals surface area contributed by atoms with Crippen LogP contribution in [0, 0.1) is 12.8 Å². The zero-order valence-corrected chi connectivity index (χ0v) is 14.8. The summed E-state index contributed by atoms with van der Waals surface area (Å²) in [5.41, 5.74) is 1.69. The first kappa shape index (κ1) is 17.4. The molecule has 2 unspecified atom stereocenters. The smallest absolute Gasteiger partial charge is 0.230 e. The summed E-state index contributed by atoms with van der Waals surface area (Å²) in [5.74, 6) is -0.547. The second-order valence-electron chi connectivity index (χ2n) is 7.09. The molecule has 1 aliphatic carbocycles. The quantitative estimate of drug-likeness (QED) is 0.905. The van der Waals surface area contributed by atoms with Crippen LogP contribution in [0.3, 0.4) is 0 Å². The fourth-order valence-electron chi connectivity index (χ4n) is 3.86. The van der Waals surface area contributed by atoms with Gasteiger partial charge in [-0.15, -0.1) is 0 Å². The largest absolute Gasteiger partial charge is 0.390 e. The van der Waals surface area contributed by atoms with E-state index in [-0.39, 0.29) is 23.3 Å². The molecule has 1 saturated carbocycles. The maximum Gasteiger partial charge on any atom is 0.230 e. The predicted molar refractivity (Wildman–Crippen MR) is 93.7 cm³/mol. The molecule has 1 N–H and O–H groups in total. The zero-order valence-electron chi connectivity index (χ0n) is 14.0. The number of hydrogen-bond donors (Lipinski definition) is 1. The van der Waals surface area contributed by atoms with Gasteiger partial charge in [-0.1, -0.05) is 31.4 Å². The average Bonchev–Trinajstić information content (AvgIpc) is 2.81. The van der Waals surface area contributed by atoms with Gasteiger partial charge in [-0.05, 0) is 37.5 Å². The number of carbonyl (C=O) groups is 1. The van der Waals surface area contributed by atoms with Crippen molar-refractivity contribution >= 4 is 21.4 Å². The SMILES string of the molecule is Cc1cccc(N(C(=O)C2CCCCC2)C2CS(=O)(=O)CC2O)c1. The van der Waals surface area contributed by atoms with E-state index in [9.17, 15) is 18.3 Å². The third kappa shape index (κ3) is 3.64. The number of benzene rings is 1. The van der Waals surface area contributed by atoms with Gasteiger partial charge in [0.2, 0.25) is 5.91 Å². The Hall–Kier alpha value is -1.40. The number of aliphatic hydroxyl groups is 1. The molecule has 6 heteroatoms. The van der Waals surface area contributed by atoms with Gasteiger partial charge in [0.1, 0.15) is 0 Å². The third-order valence-corrected chi connectivity index (χ3v) is 6.80. The van der Waals surface area contributed by atoms with Gasteiger partial charge in [-0.2, -0.15) is 0 Å². The van der Waals surface area contributed by atoms with Crippen molar-refractivity contribution in [3.05, 3.63) is 29.8 Å². The van der Waals surface area contributed by atoms with Crippen LogP contribution < -0.4 is 4.90 Å². The molecular weight excluding hydrogens is 326 g/mol. The lowest BCUT2D eigenvalue weighted by Gasteiger charge is -2.34. The van der Waals surface area contributed by atoms with Gasteiger partial charge < -0.3 is 10.0 Å². The van der Waals surface area contributed by atoms with E-state index >= 15 is 0 Å². The van der Waals surface area contributed by atoms with Crippen molar-refractivity contribution in [3.63, 3.8) is 0 Å². The minimum absolute atomic E-state index is 0.0403. The molecule has 1 heterocycles. The number of rotatable bonds is 3. The molecule has 1 aliphatic heterocycles. The summed E-state index contributed by atoms with van der Waals surface area (Å²) in [6.45, 7) is 1.94. The van der Waals surface area contributed by atoms with Crippen LogP contribution >= 0.6 is 0 Å². The van der Waals surface area contributed by atoms with Gasteiger partial charge in [-0.25, -0.2) is 8.42 Å². The van der Waals surface area contributed by atoms with Gasteiger partial charge in [-0.3, -0.25) is 4.79 Å². The number of nitrogens with zero attached hydrogens (tertiary/aromatic N) is 1. The van der Waals surface area contributed by atoms with Crippen LogP contribution in [-0.2, 0) is 14.6 Å². The van der Waals surface area contributed by atoms with Crippen LogP contribution in [0.2, 0.25) is 0 Å². The Morgan fingerprint density at radius 2 is 1.88 bits per heavy atom. The molecule has 3 rings (SSSR count). The first-order chi connectivity index (χ1) is 11.4. The average molecular weight is 351 g/mol. The highest BCUT2D eigenvalue weighted by molar-refractivity contribution is 7.91. The molecule has 2 atom stereocenters. The Labute approximate surface area is 143 Å². The number of aliphatic hydroxyl groups excluding tert-OH is 1. The Morgan fingerprint density at radius 1 is 1.17 bits per heavy atom. The molecule has 0 aromatic heterocycles. The van der Waals surface area contributed by atoms with E-state index in [4.69, 9.17) is 0 Å². The van der Waals surface area contributed by atoms with Crippen molar-refractivity contribution in [2.75, 3.05) is 16.4 Å². The van der Waals surface area contributed by atoms with Crippen LogP contribution in [0.1, 0.15) is 37.7 Å². The van der Waals surface area contributed by atoms with Crippen LogP contribution in [0.15, 0.2) is 24.3 Å². The first-order valence-electron chi connectivity index (χ1n) is 8.65. The van der Waals surface area contributed by atoms with Crippen molar-refractivity contribution in [2.45, 2.75) is 51.2 Å². The molecular formula is C18H25NO4S.